The number of likely N-dealkylation sites (tertiary alicyclic amines) is 1. The van der Waals surface area contributed by atoms with Gasteiger partial charge in [0.1, 0.15) is 0 Å². The van der Waals surface area contributed by atoms with Gasteiger partial charge < -0.3 is 10.2 Å². The van der Waals surface area contributed by atoms with Gasteiger partial charge in [0, 0.05) is 36.6 Å². The van der Waals surface area contributed by atoms with Gasteiger partial charge in [0.25, 0.3) is 5.91 Å². The van der Waals surface area contributed by atoms with Gasteiger partial charge in [0.05, 0.1) is 34.5 Å². The van der Waals surface area contributed by atoms with E-state index in [2.05, 4.69) is 28.2 Å². The third-order valence-corrected chi connectivity index (χ3v) is 6.41. The number of rotatable bonds is 5. The summed E-state index contributed by atoms with van der Waals surface area (Å²) in [4.78, 5) is 21.9. The summed E-state index contributed by atoms with van der Waals surface area (Å²) < 4.78 is 1.84. The molecule has 0 aromatic carbocycles. The van der Waals surface area contributed by atoms with E-state index in [9.17, 15) is 4.79 Å². The van der Waals surface area contributed by atoms with Crippen LogP contribution >= 0.6 is 0 Å². The average molecular weight is 443 g/mol. The van der Waals surface area contributed by atoms with Gasteiger partial charge in [-0.05, 0) is 63.6 Å². The van der Waals surface area contributed by atoms with Crippen LogP contribution in [-0.2, 0) is 4.79 Å². The van der Waals surface area contributed by atoms with Crippen LogP contribution in [0.25, 0.3) is 11.1 Å². The van der Waals surface area contributed by atoms with Crippen LogP contribution in [0.1, 0.15) is 30.4 Å². The van der Waals surface area contributed by atoms with Crippen molar-refractivity contribution in [2.45, 2.75) is 27.2 Å². The van der Waals surface area contributed by atoms with Crippen LogP contribution in [0.15, 0.2) is 66.3 Å². The topological polar surface area (TPSA) is 65.8 Å². The Morgan fingerprint density at radius 1 is 1.18 bits per heavy atom. The molecule has 5 heterocycles. The smallest absolute Gasteiger partial charge is 0.255 e. The molecule has 0 saturated carbocycles. The van der Waals surface area contributed by atoms with Gasteiger partial charge in [0.15, 0.2) is 0 Å². The SMILES string of the molecule is CCNC[C@@H]1CCN(C2=CN3C(=O)/C=C(c4cc5c(C)nc(C)cn5n4)\C=C\C=C3C=C2)C1. The predicted octanol–water partition coefficient (Wildman–Crippen LogP) is 3.35. The Morgan fingerprint density at radius 2 is 2.03 bits per heavy atom. The summed E-state index contributed by atoms with van der Waals surface area (Å²) >= 11 is 0. The van der Waals surface area contributed by atoms with Crippen molar-refractivity contribution < 1.29 is 4.79 Å². The van der Waals surface area contributed by atoms with Crippen molar-refractivity contribution in [2.75, 3.05) is 26.2 Å². The van der Waals surface area contributed by atoms with E-state index in [1.807, 2.05) is 61.1 Å². The molecule has 0 aliphatic carbocycles. The fourth-order valence-corrected chi connectivity index (χ4v) is 4.69. The molecule has 7 heteroatoms. The fraction of sp³-hybridized carbons (Fsp3) is 0.346. The molecule has 5 rings (SSSR count). The van der Waals surface area contributed by atoms with Gasteiger partial charge >= 0.3 is 0 Å². The number of aryl methyl sites for hydroxylation is 2. The van der Waals surface area contributed by atoms with Gasteiger partial charge in [-0.2, -0.15) is 5.10 Å². The van der Waals surface area contributed by atoms with E-state index in [1.165, 1.54) is 6.42 Å². The highest BCUT2D eigenvalue weighted by atomic mass is 16.2. The second-order valence-corrected chi connectivity index (χ2v) is 8.88. The lowest BCUT2D eigenvalue weighted by atomic mass is 10.1. The van der Waals surface area contributed by atoms with Crippen LogP contribution in [0.2, 0.25) is 0 Å². The van der Waals surface area contributed by atoms with Gasteiger partial charge in [-0.15, -0.1) is 0 Å². The maximum atomic E-state index is 13.3. The molecule has 7 nitrogen and oxygen atoms in total. The summed E-state index contributed by atoms with van der Waals surface area (Å²) in [7, 11) is 0. The summed E-state index contributed by atoms with van der Waals surface area (Å²) in [6.07, 6.45) is 16.8. The molecule has 2 aromatic heterocycles. The minimum atomic E-state index is -0.0751. The normalized spacial score (nSPS) is 23.1. The van der Waals surface area contributed by atoms with Crippen molar-refractivity contribution in [1.29, 1.82) is 0 Å². The monoisotopic (exact) mass is 442 g/mol. The van der Waals surface area contributed by atoms with Gasteiger partial charge in [-0.3, -0.25) is 14.7 Å². The number of carbonyl (C=O) groups excluding carboxylic acids is 1. The maximum absolute atomic E-state index is 13.3. The van der Waals surface area contributed by atoms with Crippen LogP contribution in [0.4, 0.5) is 0 Å². The second-order valence-electron chi connectivity index (χ2n) is 8.88. The molecule has 2 aromatic rings. The quantitative estimate of drug-likeness (QED) is 0.769. The molecule has 1 fully saturated rings. The zero-order valence-corrected chi connectivity index (χ0v) is 19.5. The zero-order chi connectivity index (χ0) is 22.9. The summed E-state index contributed by atoms with van der Waals surface area (Å²) in [5.74, 6) is 0.569. The van der Waals surface area contributed by atoms with E-state index in [4.69, 9.17) is 5.10 Å². The van der Waals surface area contributed by atoms with E-state index in [1.54, 1.807) is 11.0 Å². The van der Waals surface area contributed by atoms with Crippen molar-refractivity contribution in [2.24, 2.45) is 5.92 Å². The van der Waals surface area contributed by atoms with Crippen molar-refractivity contribution >= 4 is 17.0 Å². The first-order valence-corrected chi connectivity index (χ1v) is 11.6. The molecule has 0 bridgehead atoms. The largest absolute Gasteiger partial charge is 0.370 e. The third-order valence-electron chi connectivity index (χ3n) is 6.41. The molecular formula is C26H30N6O. The van der Waals surface area contributed by atoms with Gasteiger partial charge in [0.2, 0.25) is 0 Å². The van der Waals surface area contributed by atoms with Crippen molar-refractivity contribution in [3.63, 3.8) is 0 Å². The number of hydrogen-bond acceptors (Lipinski definition) is 5. The van der Waals surface area contributed by atoms with Crippen LogP contribution in [0.5, 0.6) is 0 Å². The molecule has 1 amide bonds. The van der Waals surface area contributed by atoms with E-state index in [0.717, 1.165) is 65.7 Å². The molecule has 3 aliphatic rings. The number of fused-ring (bicyclic) bond motifs is 2. The minimum Gasteiger partial charge on any atom is -0.370 e. The van der Waals surface area contributed by atoms with E-state index >= 15 is 0 Å². The Balaban J connectivity index is 1.41. The van der Waals surface area contributed by atoms with Crippen molar-refractivity contribution in [3.8, 4) is 0 Å². The molecule has 1 N–H and O–H groups in total. The zero-order valence-electron chi connectivity index (χ0n) is 19.5. The second kappa shape index (κ2) is 8.83. The minimum absolute atomic E-state index is 0.0751. The summed E-state index contributed by atoms with van der Waals surface area (Å²) in [6, 6.07) is 1.99. The summed E-state index contributed by atoms with van der Waals surface area (Å²) in [6.45, 7) is 10.1. The van der Waals surface area contributed by atoms with Crippen molar-refractivity contribution in [3.05, 3.63) is 83.4 Å². The van der Waals surface area contributed by atoms with Crippen molar-refractivity contribution in [1.82, 2.24) is 29.7 Å². The highest BCUT2D eigenvalue weighted by molar-refractivity contribution is 5.99. The number of carbonyl (C=O) groups is 1. The fourth-order valence-electron chi connectivity index (χ4n) is 4.69. The predicted molar refractivity (Wildman–Crippen MR) is 130 cm³/mol. The Kier molecular flexibility index (Phi) is 5.72. The number of hydrogen-bond donors (Lipinski definition) is 1. The molecule has 33 heavy (non-hydrogen) atoms. The van der Waals surface area contributed by atoms with Gasteiger partial charge in [-0.25, -0.2) is 4.52 Å². The lowest BCUT2D eigenvalue weighted by Gasteiger charge is -2.28. The highest BCUT2D eigenvalue weighted by Gasteiger charge is 2.26. The Morgan fingerprint density at radius 3 is 2.88 bits per heavy atom. The molecule has 3 aliphatic heterocycles. The molecule has 0 radical (unpaired) electrons. The number of nitrogens with one attached hydrogen (secondary N) is 1. The Hall–Kier alpha value is -3.45. The number of amides is 1. The lowest BCUT2D eigenvalue weighted by molar-refractivity contribution is -0.122. The van der Waals surface area contributed by atoms with E-state index in [-0.39, 0.29) is 5.91 Å². The highest BCUT2D eigenvalue weighted by Crippen LogP contribution is 2.28. The van der Waals surface area contributed by atoms with E-state index in [0.29, 0.717) is 5.92 Å². The molecule has 170 valence electrons. The Labute approximate surface area is 194 Å². The Bertz CT molecular complexity index is 1240. The first kappa shape index (κ1) is 21.4. The lowest BCUT2D eigenvalue weighted by Crippen LogP contribution is -2.30. The molecular weight excluding hydrogens is 412 g/mol. The van der Waals surface area contributed by atoms with Gasteiger partial charge in [-0.1, -0.05) is 19.1 Å². The molecule has 1 atom stereocenters. The number of aromatic nitrogens is 3. The number of allylic oxidation sites excluding steroid dienone is 6. The first-order chi connectivity index (χ1) is 16.0. The molecule has 0 unspecified atom stereocenters. The molecule has 1 saturated heterocycles. The van der Waals surface area contributed by atoms with Crippen LogP contribution < -0.4 is 5.32 Å². The summed E-state index contributed by atoms with van der Waals surface area (Å²) in [5.41, 5.74) is 6.27. The first-order valence-electron chi connectivity index (χ1n) is 11.6. The van der Waals surface area contributed by atoms with Crippen LogP contribution in [0.3, 0.4) is 0 Å². The average Bonchev–Trinajstić information content (AvgIpc) is 3.43. The van der Waals surface area contributed by atoms with Crippen LogP contribution in [-0.4, -0.2) is 56.5 Å². The number of nitrogens with zero attached hydrogens (tertiary/aromatic N) is 5. The molecule has 0 spiro atoms. The maximum Gasteiger partial charge on any atom is 0.255 e. The van der Waals surface area contributed by atoms with Crippen LogP contribution in [0, 0.1) is 19.8 Å². The van der Waals surface area contributed by atoms with E-state index < -0.39 is 0 Å². The standard InChI is InChI=1S/C26H30N6O/c1-4-27-14-20-10-11-30(16-20)23-9-8-22-7-5-6-21(12-26(33)31(22)17-23)24-13-25-19(3)28-18(2)15-32(25)29-24/h5-9,12-13,15,17,20,27H,4,10-11,14,16H2,1-3H3/b6-5+,21-12+,22-7?/t20-/m0/s1. The third kappa shape index (κ3) is 4.28. The summed E-state index contributed by atoms with van der Waals surface area (Å²) in [5, 5.41) is 8.15.